The normalized spacial score (nSPS) is 16.0. The maximum atomic E-state index is 13.3. The highest BCUT2D eigenvalue weighted by atomic mass is 19.4. The molecule has 2 aromatic carbocycles. The Balaban J connectivity index is 1.67. The molecule has 1 fully saturated rings. The van der Waals surface area contributed by atoms with Crippen LogP contribution in [0.4, 0.5) is 24.7 Å². The highest BCUT2D eigenvalue weighted by Gasteiger charge is 2.33. The van der Waals surface area contributed by atoms with Crippen molar-refractivity contribution < 1.29 is 17.9 Å². The molecule has 1 unspecified atom stereocenters. The SMILES string of the molecule is Cc1c(C(C)Nc2nncc3ccc(N4CCOCC4)cc23)cccc1C(F)(F)F. The third kappa shape index (κ3) is 4.05. The van der Waals surface area contributed by atoms with E-state index in [1.807, 2.05) is 25.1 Å². The summed E-state index contributed by atoms with van der Waals surface area (Å²) in [6.07, 6.45) is -2.70. The summed E-state index contributed by atoms with van der Waals surface area (Å²) in [7, 11) is 0. The van der Waals surface area contributed by atoms with E-state index in [2.05, 4.69) is 20.4 Å². The standard InChI is InChI=1S/C22H23F3N4O/c1-14-18(4-3-5-20(14)22(23,24)25)15(2)27-21-19-12-17(29-8-10-30-11-9-29)7-6-16(19)13-26-28-21/h3-7,12-13,15H,8-11H2,1-2H3,(H,27,28). The van der Waals surface area contributed by atoms with Crippen molar-refractivity contribution in [2.45, 2.75) is 26.1 Å². The molecule has 0 saturated carbocycles. The van der Waals surface area contributed by atoms with Crippen molar-refractivity contribution in [3.63, 3.8) is 0 Å². The van der Waals surface area contributed by atoms with Gasteiger partial charge in [0.05, 0.1) is 31.0 Å². The van der Waals surface area contributed by atoms with Gasteiger partial charge in [-0.1, -0.05) is 18.2 Å². The summed E-state index contributed by atoms with van der Waals surface area (Å²) in [6, 6.07) is 9.95. The van der Waals surface area contributed by atoms with Crippen LogP contribution in [0.2, 0.25) is 0 Å². The molecule has 0 amide bonds. The van der Waals surface area contributed by atoms with Crippen LogP contribution in [0.5, 0.6) is 0 Å². The summed E-state index contributed by atoms with van der Waals surface area (Å²) in [5, 5.41) is 13.3. The van der Waals surface area contributed by atoms with E-state index in [1.54, 1.807) is 12.3 Å². The van der Waals surface area contributed by atoms with Gasteiger partial charge in [-0.05, 0) is 43.2 Å². The molecule has 0 radical (unpaired) electrons. The van der Waals surface area contributed by atoms with Crippen molar-refractivity contribution in [3.05, 3.63) is 59.3 Å². The fourth-order valence-electron chi connectivity index (χ4n) is 3.90. The van der Waals surface area contributed by atoms with Gasteiger partial charge in [0.2, 0.25) is 0 Å². The monoisotopic (exact) mass is 416 g/mol. The molecular weight excluding hydrogens is 393 g/mol. The second kappa shape index (κ2) is 8.10. The smallest absolute Gasteiger partial charge is 0.378 e. The van der Waals surface area contributed by atoms with Crippen molar-refractivity contribution in [1.29, 1.82) is 0 Å². The van der Waals surface area contributed by atoms with Crippen molar-refractivity contribution >= 4 is 22.3 Å². The molecule has 0 aliphatic carbocycles. The maximum Gasteiger partial charge on any atom is 0.416 e. The van der Waals surface area contributed by atoms with E-state index in [9.17, 15) is 13.2 Å². The second-order valence-corrected chi connectivity index (χ2v) is 7.45. The summed E-state index contributed by atoms with van der Waals surface area (Å²) in [5.41, 5.74) is 1.23. The van der Waals surface area contributed by atoms with Gasteiger partial charge in [-0.3, -0.25) is 0 Å². The van der Waals surface area contributed by atoms with Crippen molar-refractivity contribution in [1.82, 2.24) is 10.2 Å². The van der Waals surface area contributed by atoms with Crippen LogP contribution in [-0.4, -0.2) is 36.5 Å². The number of rotatable bonds is 4. The Bertz CT molecular complexity index is 1050. The third-order valence-corrected chi connectivity index (χ3v) is 5.52. The Morgan fingerprint density at radius 3 is 2.63 bits per heavy atom. The van der Waals surface area contributed by atoms with Crippen LogP contribution in [0.15, 0.2) is 42.6 Å². The number of morpholine rings is 1. The fourth-order valence-corrected chi connectivity index (χ4v) is 3.90. The number of aromatic nitrogens is 2. The molecule has 1 aliphatic rings. The third-order valence-electron chi connectivity index (χ3n) is 5.52. The molecule has 1 N–H and O–H groups in total. The lowest BCUT2D eigenvalue weighted by Crippen LogP contribution is -2.36. The van der Waals surface area contributed by atoms with E-state index in [-0.39, 0.29) is 11.6 Å². The first-order chi connectivity index (χ1) is 14.3. The molecular formula is C22H23F3N4O. The van der Waals surface area contributed by atoms with Gasteiger partial charge in [-0.2, -0.15) is 18.3 Å². The Morgan fingerprint density at radius 2 is 1.90 bits per heavy atom. The molecule has 5 nitrogen and oxygen atoms in total. The largest absolute Gasteiger partial charge is 0.416 e. The molecule has 0 bridgehead atoms. The molecule has 3 aromatic rings. The molecule has 30 heavy (non-hydrogen) atoms. The molecule has 0 spiro atoms. The van der Waals surface area contributed by atoms with Gasteiger partial charge in [0.15, 0.2) is 5.82 Å². The second-order valence-electron chi connectivity index (χ2n) is 7.45. The fraction of sp³-hybridized carbons (Fsp3) is 0.364. The quantitative estimate of drug-likeness (QED) is 0.651. The first-order valence-corrected chi connectivity index (χ1v) is 9.86. The van der Waals surface area contributed by atoms with Gasteiger partial charge in [0, 0.05) is 29.5 Å². The minimum atomic E-state index is -4.38. The van der Waals surface area contributed by atoms with Crippen LogP contribution >= 0.6 is 0 Å². The highest BCUT2D eigenvalue weighted by molar-refractivity contribution is 5.93. The lowest BCUT2D eigenvalue weighted by atomic mass is 9.97. The number of ether oxygens (including phenoxy) is 1. The van der Waals surface area contributed by atoms with E-state index < -0.39 is 11.7 Å². The first-order valence-electron chi connectivity index (χ1n) is 9.86. The van der Waals surface area contributed by atoms with Gasteiger partial charge < -0.3 is 15.0 Å². The molecule has 4 rings (SSSR count). The molecule has 1 atom stereocenters. The highest BCUT2D eigenvalue weighted by Crippen LogP contribution is 2.35. The minimum Gasteiger partial charge on any atom is -0.378 e. The predicted molar refractivity (Wildman–Crippen MR) is 111 cm³/mol. The van der Waals surface area contributed by atoms with Crippen LogP contribution in [-0.2, 0) is 10.9 Å². The Kier molecular flexibility index (Phi) is 5.51. The van der Waals surface area contributed by atoms with E-state index in [0.717, 1.165) is 35.6 Å². The molecule has 1 aliphatic heterocycles. The summed E-state index contributed by atoms with van der Waals surface area (Å²) < 4.78 is 45.3. The number of hydrogen-bond donors (Lipinski definition) is 1. The van der Waals surface area contributed by atoms with Gasteiger partial charge in [0.25, 0.3) is 0 Å². The Morgan fingerprint density at radius 1 is 1.13 bits per heavy atom. The van der Waals surface area contributed by atoms with Crippen LogP contribution in [0.25, 0.3) is 10.8 Å². The van der Waals surface area contributed by atoms with E-state index in [4.69, 9.17) is 4.74 Å². The zero-order valence-electron chi connectivity index (χ0n) is 16.8. The average Bonchev–Trinajstić information content (AvgIpc) is 2.73. The summed E-state index contributed by atoms with van der Waals surface area (Å²) >= 11 is 0. The van der Waals surface area contributed by atoms with E-state index in [1.165, 1.54) is 13.0 Å². The van der Waals surface area contributed by atoms with Crippen LogP contribution < -0.4 is 10.2 Å². The summed E-state index contributed by atoms with van der Waals surface area (Å²) in [4.78, 5) is 2.24. The number of hydrogen-bond acceptors (Lipinski definition) is 5. The van der Waals surface area contributed by atoms with Gasteiger partial charge in [-0.25, -0.2) is 0 Å². The van der Waals surface area contributed by atoms with Gasteiger partial charge >= 0.3 is 6.18 Å². The number of benzene rings is 2. The number of fused-ring (bicyclic) bond motifs is 1. The van der Waals surface area contributed by atoms with E-state index >= 15 is 0 Å². The average molecular weight is 416 g/mol. The zero-order valence-corrected chi connectivity index (χ0v) is 16.8. The molecule has 2 heterocycles. The topological polar surface area (TPSA) is 50.3 Å². The Hall–Kier alpha value is -2.87. The maximum absolute atomic E-state index is 13.3. The summed E-state index contributed by atoms with van der Waals surface area (Å²) in [6.45, 7) is 6.32. The molecule has 8 heteroatoms. The lowest BCUT2D eigenvalue weighted by Gasteiger charge is -2.29. The number of nitrogens with zero attached hydrogens (tertiary/aromatic N) is 3. The molecule has 1 saturated heterocycles. The van der Waals surface area contributed by atoms with Gasteiger partial charge in [-0.15, -0.1) is 5.10 Å². The first kappa shape index (κ1) is 20.4. The van der Waals surface area contributed by atoms with E-state index in [0.29, 0.717) is 24.6 Å². The van der Waals surface area contributed by atoms with Crippen molar-refractivity contribution in [2.24, 2.45) is 0 Å². The summed E-state index contributed by atoms with van der Waals surface area (Å²) in [5.74, 6) is 0.548. The molecule has 158 valence electrons. The zero-order chi connectivity index (χ0) is 21.3. The van der Waals surface area contributed by atoms with Crippen LogP contribution in [0.1, 0.15) is 29.7 Å². The Labute approximate surface area is 172 Å². The van der Waals surface area contributed by atoms with Crippen LogP contribution in [0, 0.1) is 6.92 Å². The minimum absolute atomic E-state index is 0.215. The predicted octanol–water partition coefficient (Wildman–Crippen LogP) is 4.97. The van der Waals surface area contributed by atoms with Crippen molar-refractivity contribution in [3.8, 4) is 0 Å². The number of anilines is 2. The lowest BCUT2D eigenvalue weighted by molar-refractivity contribution is -0.138. The number of alkyl halides is 3. The molecule has 1 aromatic heterocycles. The number of halogens is 3. The van der Waals surface area contributed by atoms with Crippen LogP contribution in [0.3, 0.4) is 0 Å². The van der Waals surface area contributed by atoms with Gasteiger partial charge in [0.1, 0.15) is 0 Å². The number of nitrogens with one attached hydrogen (secondary N) is 1. The van der Waals surface area contributed by atoms with Crippen molar-refractivity contribution in [2.75, 3.05) is 36.5 Å².